The molecule has 0 N–H and O–H groups in total. The lowest BCUT2D eigenvalue weighted by Gasteiger charge is -2.48. The molecule has 0 saturated carbocycles. The number of hydrogen-bond acceptors (Lipinski definition) is 4. The average molecular weight is 360 g/mol. The molecule has 4 atom stereocenters. The number of allylic oxidation sites excluding steroid dienone is 1. The van der Waals surface area contributed by atoms with Crippen LogP contribution in [0.2, 0.25) is 0 Å². The Hall–Kier alpha value is -1.65. The van der Waals surface area contributed by atoms with Gasteiger partial charge in [0.2, 0.25) is 0 Å². The summed E-state index contributed by atoms with van der Waals surface area (Å²) in [5.41, 5.74) is 0.542. The van der Waals surface area contributed by atoms with Crippen LogP contribution in [0.25, 0.3) is 0 Å². The molecule has 2 rings (SSSR count). The van der Waals surface area contributed by atoms with Crippen LogP contribution in [0.15, 0.2) is 42.2 Å². The van der Waals surface area contributed by atoms with Crippen molar-refractivity contribution in [3.8, 4) is 0 Å². The quantitative estimate of drug-likeness (QED) is 0.535. The molecule has 0 aromatic heterocycles. The third-order valence-corrected chi connectivity index (χ3v) is 4.98. The summed E-state index contributed by atoms with van der Waals surface area (Å²) >= 11 is 0. The Morgan fingerprint density at radius 3 is 2.23 bits per heavy atom. The summed E-state index contributed by atoms with van der Waals surface area (Å²) < 4.78 is 18.1. The molecular weight excluding hydrogens is 328 g/mol. The smallest absolute Gasteiger partial charge is 0.343 e. The fourth-order valence-electron chi connectivity index (χ4n) is 3.70. The van der Waals surface area contributed by atoms with Gasteiger partial charge in [0, 0.05) is 11.8 Å². The number of carbonyl (C=O) groups excluding carboxylic acids is 1. The van der Waals surface area contributed by atoms with Gasteiger partial charge in [-0.2, -0.15) is 0 Å². The fraction of sp³-hybridized carbons (Fsp3) is 0.591. The predicted molar refractivity (Wildman–Crippen MR) is 103 cm³/mol. The minimum absolute atomic E-state index is 0.0629. The van der Waals surface area contributed by atoms with Gasteiger partial charge in [0.25, 0.3) is 0 Å². The Kier molecular flexibility index (Phi) is 6.64. The molecule has 1 saturated heterocycles. The Balaban J connectivity index is 2.18. The van der Waals surface area contributed by atoms with E-state index in [2.05, 4.69) is 20.8 Å². The molecule has 0 unspecified atom stereocenters. The van der Waals surface area contributed by atoms with Crippen molar-refractivity contribution in [3.63, 3.8) is 0 Å². The Bertz CT molecular complexity index is 633. The summed E-state index contributed by atoms with van der Waals surface area (Å²) in [5.74, 6) is 0.128. The van der Waals surface area contributed by atoms with Crippen LogP contribution in [0, 0.1) is 17.8 Å². The van der Waals surface area contributed by atoms with E-state index in [0.29, 0.717) is 17.2 Å². The van der Waals surface area contributed by atoms with Gasteiger partial charge in [0.1, 0.15) is 5.76 Å². The van der Waals surface area contributed by atoms with Crippen molar-refractivity contribution in [1.82, 2.24) is 0 Å². The summed E-state index contributed by atoms with van der Waals surface area (Å²) in [6, 6.07) is 9.04. The normalized spacial score (nSPS) is 27.2. The lowest BCUT2D eigenvalue weighted by molar-refractivity contribution is -0.332. The molecule has 0 aliphatic carbocycles. The van der Waals surface area contributed by atoms with Crippen LogP contribution < -0.4 is 0 Å². The zero-order valence-corrected chi connectivity index (χ0v) is 17.0. The molecule has 144 valence electrons. The van der Waals surface area contributed by atoms with Gasteiger partial charge in [-0.3, -0.25) is 0 Å². The molecule has 1 fully saturated rings. The van der Waals surface area contributed by atoms with Crippen molar-refractivity contribution in [2.75, 3.05) is 0 Å². The summed E-state index contributed by atoms with van der Waals surface area (Å²) in [5, 5.41) is 0. The zero-order valence-electron chi connectivity index (χ0n) is 17.0. The number of carbonyl (C=O) groups is 1. The monoisotopic (exact) mass is 360 g/mol. The van der Waals surface area contributed by atoms with E-state index in [1.807, 2.05) is 52.0 Å². The van der Waals surface area contributed by atoms with Crippen LogP contribution >= 0.6 is 0 Å². The number of ether oxygens (including phenoxy) is 3. The van der Waals surface area contributed by atoms with Gasteiger partial charge in [0.05, 0.1) is 17.8 Å². The van der Waals surface area contributed by atoms with E-state index in [1.54, 1.807) is 12.1 Å². The molecule has 4 heteroatoms. The Morgan fingerprint density at radius 1 is 1.12 bits per heavy atom. The maximum absolute atomic E-state index is 12.5. The van der Waals surface area contributed by atoms with Crippen LogP contribution in [0.5, 0.6) is 0 Å². The van der Waals surface area contributed by atoms with E-state index < -0.39 is 5.79 Å². The summed E-state index contributed by atoms with van der Waals surface area (Å²) in [7, 11) is 0. The average Bonchev–Trinajstić information content (AvgIpc) is 2.61. The van der Waals surface area contributed by atoms with Crippen LogP contribution in [-0.2, 0) is 14.2 Å². The second-order valence-corrected chi connectivity index (χ2v) is 7.90. The Labute approximate surface area is 157 Å². The number of esters is 1. The second kappa shape index (κ2) is 8.36. The van der Waals surface area contributed by atoms with Crippen molar-refractivity contribution in [2.45, 2.75) is 66.5 Å². The van der Waals surface area contributed by atoms with E-state index in [4.69, 9.17) is 14.2 Å². The maximum atomic E-state index is 12.5. The van der Waals surface area contributed by atoms with Gasteiger partial charge in [-0.25, -0.2) is 4.79 Å². The third-order valence-electron chi connectivity index (χ3n) is 4.98. The maximum Gasteiger partial charge on any atom is 0.343 e. The van der Waals surface area contributed by atoms with Crippen molar-refractivity contribution < 1.29 is 19.0 Å². The first-order chi connectivity index (χ1) is 12.2. The number of rotatable bonds is 5. The van der Waals surface area contributed by atoms with Crippen molar-refractivity contribution >= 4 is 5.97 Å². The lowest BCUT2D eigenvalue weighted by Crippen LogP contribution is -2.54. The number of benzene rings is 1. The summed E-state index contributed by atoms with van der Waals surface area (Å²) in [6.07, 6.45) is 1.85. The molecule has 0 radical (unpaired) electrons. The minimum Gasteiger partial charge on any atom is -0.427 e. The Morgan fingerprint density at radius 2 is 1.69 bits per heavy atom. The summed E-state index contributed by atoms with van der Waals surface area (Å²) in [4.78, 5) is 12.5. The van der Waals surface area contributed by atoms with Gasteiger partial charge in [-0.1, -0.05) is 45.9 Å². The van der Waals surface area contributed by atoms with Gasteiger partial charge in [-0.05, 0) is 44.9 Å². The van der Waals surface area contributed by atoms with Crippen LogP contribution in [0.3, 0.4) is 0 Å². The predicted octanol–water partition coefficient (Wildman–Crippen LogP) is 5.20. The van der Waals surface area contributed by atoms with Crippen LogP contribution in [0.1, 0.15) is 58.8 Å². The molecule has 1 heterocycles. The second-order valence-electron chi connectivity index (χ2n) is 7.90. The first-order valence-corrected chi connectivity index (χ1v) is 9.45. The highest BCUT2D eigenvalue weighted by molar-refractivity contribution is 5.90. The van der Waals surface area contributed by atoms with E-state index in [9.17, 15) is 4.79 Å². The molecule has 0 bridgehead atoms. The zero-order chi connectivity index (χ0) is 19.5. The highest BCUT2D eigenvalue weighted by atomic mass is 16.7. The first kappa shape index (κ1) is 20.7. The fourth-order valence-corrected chi connectivity index (χ4v) is 3.70. The molecule has 1 aromatic carbocycles. The van der Waals surface area contributed by atoms with Crippen LogP contribution in [0.4, 0.5) is 0 Å². The lowest BCUT2D eigenvalue weighted by atomic mass is 9.82. The largest absolute Gasteiger partial charge is 0.427 e. The molecule has 4 nitrogen and oxygen atoms in total. The van der Waals surface area contributed by atoms with Gasteiger partial charge in [-0.15, -0.1) is 0 Å². The van der Waals surface area contributed by atoms with Gasteiger partial charge in [0.15, 0.2) is 5.79 Å². The first-order valence-electron chi connectivity index (χ1n) is 9.45. The van der Waals surface area contributed by atoms with Crippen molar-refractivity contribution in [3.05, 3.63) is 47.7 Å². The van der Waals surface area contributed by atoms with E-state index >= 15 is 0 Å². The van der Waals surface area contributed by atoms with Crippen molar-refractivity contribution in [1.29, 1.82) is 0 Å². The number of hydrogen-bond donors (Lipinski definition) is 0. The molecule has 1 aliphatic heterocycles. The molecule has 1 aromatic rings. The van der Waals surface area contributed by atoms with Crippen LogP contribution in [-0.4, -0.2) is 24.0 Å². The molecule has 0 amide bonds. The van der Waals surface area contributed by atoms with Crippen molar-refractivity contribution in [2.24, 2.45) is 17.8 Å². The van der Waals surface area contributed by atoms with E-state index in [0.717, 1.165) is 0 Å². The molecule has 1 aliphatic rings. The van der Waals surface area contributed by atoms with E-state index in [1.165, 1.54) is 0 Å². The highest BCUT2D eigenvalue weighted by Gasteiger charge is 2.45. The third kappa shape index (κ3) is 4.74. The molecule has 26 heavy (non-hydrogen) atoms. The topological polar surface area (TPSA) is 44.8 Å². The molecular formula is C22H32O4. The SMILES string of the molecule is C/C=C(\OC(=O)c1ccccc1)[C@@H](C)[C@H]1OC(C)(C)O[C@@H](C(C)C)[C@@H]1C. The highest BCUT2D eigenvalue weighted by Crippen LogP contribution is 2.39. The summed E-state index contributed by atoms with van der Waals surface area (Å²) in [6.45, 7) is 14.3. The minimum atomic E-state index is -0.664. The van der Waals surface area contributed by atoms with Gasteiger partial charge < -0.3 is 14.2 Å². The molecule has 0 spiro atoms. The van der Waals surface area contributed by atoms with E-state index in [-0.39, 0.29) is 30.0 Å². The standard InChI is InChI=1S/C22H32O4/c1-8-18(24-21(23)17-12-10-9-11-13-17)15(4)20-16(5)19(14(2)3)25-22(6,7)26-20/h8-16,19-20H,1-7H3/b18-8-/t15-,16+,19+,20-/m1/s1. The van der Waals surface area contributed by atoms with Gasteiger partial charge >= 0.3 is 5.97 Å².